The maximum atomic E-state index is 5.39. The number of halogens is 1. The lowest BCUT2D eigenvalue weighted by molar-refractivity contribution is 0.0638. The zero-order valence-corrected chi connectivity index (χ0v) is 6.52. The van der Waals surface area contributed by atoms with Crippen LogP contribution in [0.4, 0.5) is 0 Å². The third kappa shape index (κ3) is 2.47. The van der Waals surface area contributed by atoms with E-state index in [1.807, 2.05) is 4.90 Å². The van der Waals surface area contributed by atoms with Gasteiger partial charge in [-0.3, -0.25) is 0 Å². The number of hydrogen-bond acceptors (Lipinski definition) is 2. The summed E-state index contributed by atoms with van der Waals surface area (Å²) in [7, 11) is 0. The van der Waals surface area contributed by atoms with E-state index in [-0.39, 0.29) is 0 Å². The van der Waals surface area contributed by atoms with Crippen molar-refractivity contribution >= 4 is 11.6 Å². The van der Waals surface area contributed by atoms with Crippen LogP contribution in [0, 0.1) is 12.0 Å². The minimum atomic E-state index is 0.414. The van der Waals surface area contributed by atoms with Crippen molar-refractivity contribution in [3.63, 3.8) is 0 Å². The molecule has 0 atom stereocenters. The molecular formula is C7H10ClNO. The SMILES string of the molecule is ClCC#CN1CCOCC1. The molecule has 2 nitrogen and oxygen atoms in total. The van der Waals surface area contributed by atoms with Gasteiger partial charge < -0.3 is 9.64 Å². The van der Waals surface area contributed by atoms with Gasteiger partial charge in [0, 0.05) is 19.1 Å². The van der Waals surface area contributed by atoms with Crippen LogP contribution in [-0.2, 0) is 4.74 Å². The van der Waals surface area contributed by atoms with Crippen LogP contribution in [0.15, 0.2) is 0 Å². The van der Waals surface area contributed by atoms with Crippen molar-refractivity contribution in [1.82, 2.24) is 4.90 Å². The molecule has 0 unspecified atom stereocenters. The molecule has 1 fully saturated rings. The summed E-state index contributed by atoms with van der Waals surface area (Å²) in [6.07, 6.45) is 0. The molecule has 1 saturated heterocycles. The minimum absolute atomic E-state index is 0.414. The topological polar surface area (TPSA) is 12.5 Å². The largest absolute Gasteiger partial charge is 0.378 e. The molecule has 0 amide bonds. The first kappa shape index (κ1) is 7.71. The summed E-state index contributed by atoms with van der Waals surface area (Å²) in [4.78, 5) is 2.03. The van der Waals surface area contributed by atoms with Crippen LogP contribution in [0.3, 0.4) is 0 Å². The molecule has 1 heterocycles. The van der Waals surface area contributed by atoms with Gasteiger partial charge in [-0.2, -0.15) is 0 Å². The number of morpholine rings is 1. The monoisotopic (exact) mass is 159 g/mol. The Kier molecular flexibility index (Phi) is 3.42. The van der Waals surface area contributed by atoms with Gasteiger partial charge in [0.15, 0.2) is 0 Å². The Morgan fingerprint density at radius 1 is 1.40 bits per heavy atom. The van der Waals surface area contributed by atoms with Crippen LogP contribution in [0.1, 0.15) is 0 Å². The standard InChI is InChI=1S/C7H10ClNO/c8-2-1-3-9-4-6-10-7-5-9/h2,4-7H2. The second-order valence-corrected chi connectivity index (χ2v) is 2.29. The molecule has 3 heteroatoms. The predicted molar refractivity (Wildman–Crippen MR) is 40.9 cm³/mol. The number of nitrogens with zero attached hydrogens (tertiary/aromatic N) is 1. The third-order valence-electron chi connectivity index (χ3n) is 1.32. The molecule has 1 rings (SSSR count). The summed E-state index contributed by atoms with van der Waals surface area (Å²) in [5.74, 6) is 3.22. The van der Waals surface area contributed by atoms with E-state index in [0.29, 0.717) is 5.88 Å². The molecule has 0 bridgehead atoms. The van der Waals surface area contributed by atoms with Crippen LogP contribution in [0.25, 0.3) is 0 Å². The van der Waals surface area contributed by atoms with Crippen molar-refractivity contribution < 1.29 is 4.74 Å². The van der Waals surface area contributed by atoms with Crippen LogP contribution < -0.4 is 0 Å². The molecule has 1 aliphatic rings. The molecule has 0 aromatic carbocycles. The van der Waals surface area contributed by atoms with Gasteiger partial charge in [-0.15, -0.1) is 11.6 Å². The fourth-order valence-electron chi connectivity index (χ4n) is 0.817. The van der Waals surface area contributed by atoms with E-state index in [4.69, 9.17) is 16.3 Å². The maximum Gasteiger partial charge on any atom is 0.0853 e. The van der Waals surface area contributed by atoms with Gasteiger partial charge >= 0.3 is 0 Å². The molecule has 0 aromatic rings. The molecule has 0 spiro atoms. The second kappa shape index (κ2) is 4.43. The van der Waals surface area contributed by atoms with Gasteiger partial charge in [-0.25, -0.2) is 0 Å². The van der Waals surface area contributed by atoms with Crippen LogP contribution in [0.2, 0.25) is 0 Å². The first-order valence-electron chi connectivity index (χ1n) is 3.30. The molecular weight excluding hydrogens is 150 g/mol. The average molecular weight is 160 g/mol. The van der Waals surface area contributed by atoms with E-state index < -0.39 is 0 Å². The Balaban J connectivity index is 2.25. The van der Waals surface area contributed by atoms with Crippen molar-refractivity contribution in [2.75, 3.05) is 32.2 Å². The molecule has 0 saturated carbocycles. The number of rotatable bonds is 0. The van der Waals surface area contributed by atoms with Gasteiger partial charge in [0.25, 0.3) is 0 Å². The molecule has 0 N–H and O–H groups in total. The maximum absolute atomic E-state index is 5.39. The molecule has 0 aromatic heterocycles. The highest BCUT2D eigenvalue weighted by molar-refractivity contribution is 6.19. The minimum Gasteiger partial charge on any atom is -0.378 e. The molecule has 1 aliphatic heterocycles. The van der Waals surface area contributed by atoms with Gasteiger partial charge in [0.05, 0.1) is 19.1 Å². The van der Waals surface area contributed by atoms with E-state index in [1.54, 1.807) is 0 Å². The van der Waals surface area contributed by atoms with Crippen molar-refractivity contribution in [1.29, 1.82) is 0 Å². The third-order valence-corrected chi connectivity index (χ3v) is 1.45. The Morgan fingerprint density at radius 3 is 2.70 bits per heavy atom. The fourth-order valence-corrected chi connectivity index (χ4v) is 0.877. The van der Waals surface area contributed by atoms with E-state index in [0.717, 1.165) is 26.3 Å². The van der Waals surface area contributed by atoms with E-state index in [9.17, 15) is 0 Å². The van der Waals surface area contributed by atoms with Crippen molar-refractivity contribution in [3.8, 4) is 12.0 Å². The summed E-state index contributed by atoms with van der Waals surface area (Å²) in [5.41, 5.74) is 0. The Hall–Kier alpha value is -0.390. The van der Waals surface area contributed by atoms with Crippen molar-refractivity contribution in [2.45, 2.75) is 0 Å². The van der Waals surface area contributed by atoms with Gasteiger partial charge in [-0.05, 0) is 0 Å². The lowest BCUT2D eigenvalue weighted by Crippen LogP contribution is -2.32. The summed E-state index contributed by atoms with van der Waals surface area (Å²) < 4.78 is 5.14. The Labute approximate surface area is 66.1 Å². The van der Waals surface area contributed by atoms with Gasteiger partial charge in [0.2, 0.25) is 0 Å². The normalized spacial score (nSPS) is 17.9. The van der Waals surface area contributed by atoms with Crippen LogP contribution in [-0.4, -0.2) is 37.1 Å². The summed E-state index contributed by atoms with van der Waals surface area (Å²) >= 11 is 5.39. The molecule has 10 heavy (non-hydrogen) atoms. The molecule has 56 valence electrons. The quantitative estimate of drug-likeness (QED) is 0.378. The molecule has 0 radical (unpaired) electrons. The predicted octanol–water partition coefficient (Wildman–Crippen LogP) is 0.518. The Bertz CT molecular complexity index is 143. The highest BCUT2D eigenvalue weighted by atomic mass is 35.5. The highest BCUT2D eigenvalue weighted by Gasteiger charge is 2.04. The number of ether oxygens (including phenoxy) is 1. The summed E-state index contributed by atoms with van der Waals surface area (Å²) in [5, 5.41) is 0. The van der Waals surface area contributed by atoms with Crippen molar-refractivity contribution in [2.24, 2.45) is 0 Å². The number of hydrogen-bond donors (Lipinski definition) is 0. The zero-order chi connectivity index (χ0) is 7.23. The summed E-state index contributed by atoms with van der Waals surface area (Å²) in [6.45, 7) is 3.39. The van der Waals surface area contributed by atoms with E-state index >= 15 is 0 Å². The van der Waals surface area contributed by atoms with E-state index in [1.165, 1.54) is 0 Å². The fraction of sp³-hybridized carbons (Fsp3) is 0.714. The highest BCUT2D eigenvalue weighted by Crippen LogP contribution is 1.93. The van der Waals surface area contributed by atoms with Gasteiger partial charge in [-0.1, -0.05) is 5.92 Å². The lowest BCUT2D eigenvalue weighted by Gasteiger charge is -2.22. The van der Waals surface area contributed by atoms with E-state index in [2.05, 4.69) is 12.0 Å². The average Bonchev–Trinajstić information content (AvgIpc) is 2.03. The lowest BCUT2D eigenvalue weighted by atomic mass is 10.4. The summed E-state index contributed by atoms with van der Waals surface area (Å²) in [6, 6.07) is 2.94. The van der Waals surface area contributed by atoms with Gasteiger partial charge in [0.1, 0.15) is 0 Å². The smallest absolute Gasteiger partial charge is 0.0853 e. The zero-order valence-electron chi connectivity index (χ0n) is 5.77. The van der Waals surface area contributed by atoms with Crippen LogP contribution >= 0.6 is 11.6 Å². The first-order valence-corrected chi connectivity index (χ1v) is 3.84. The van der Waals surface area contributed by atoms with Crippen LogP contribution in [0.5, 0.6) is 0 Å². The Morgan fingerprint density at radius 2 is 2.10 bits per heavy atom. The van der Waals surface area contributed by atoms with Crippen molar-refractivity contribution in [3.05, 3.63) is 0 Å². The first-order chi connectivity index (χ1) is 4.93. The second-order valence-electron chi connectivity index (χ2n) is 2.02. The molecule has 0 aliphatic carbocycles. The number of alkyl halides is 1.